The molecule has 1 aromatic rings. The zero-order valence-corrected chi connectivity index (χ0v) is 18.2. The molecular weight excluding hydrogens is 405 g/mol. The van der Waals surface area contributed by atoms with Gasteiger partial charge in [0.05, 0.1) is 18.8 Å². The number of hydrogen-bond donors (Lipinski definition) is 2. The van der Waals surface area contributed by atoms with Crippen molar-refractivity contribution < 1.29 is 28.2 Å². The zero-order valence-electron chi connectivity index (χ0n) is 18.2. The van der Waals surface area contributed by atoms with Gasteiger partial charge in [0.25, 0.3) is 0 Å². The first-order valence-corrected chi connectivity index (χ1v) is 10.2. The summed E-state index contributed by atoms with van der Waals surface area (Å²) in [5.74, 6) is -1.25. The Bertz CT molecular complexity index is 909. The second kappa shape index (κ2) is 9.05. The fourth-order valence-corrected chi connectivity index (χ4v) is 3.52. The fraction of sp³-hybridized carbons (Fsp3) is 0.500. The summed E-state index contributed by atoms with van der Waals surface area (Å²) in [5.41, 5.74) is 0.467. The second-order valence-corrected chi connectivity index (χ2v) is 8.59. The number of hydrogen-bond acceptors (Lipinski definition) is 6. The van der Waals surface area contributed by atoms with Crippen molar-refractivity contribution in [1.82, 2.24) is 10.6 Å². The Labute approximate surface area is 180 Å². The summed E-state index contributed by atoms with van der Waals surface area (Å²) >= 11 is 0. The molecule has 0 aliphatic carbocycles. The number of ether oxygens (including phenoxy) is 2. The zero-order chi connectivity index (χ0) is 22.8. The number of rotatable bonds is 5. The predicted molar refractivity (Wildman–Crippen MR) is 113 cm³/mol. The molecular formula is C22H28FN3O5. The van der Waals surface area contributed by atoms with Crippen LogP contribution in [0.2, 0.25) is 0 Å². The molecule has 2 heterocycles. The van der Waals surface area contributed by atoms with Crippen LogP contribution in [0.1, 0.15) is 39.7 Å². The molecule has 168 valence electrons. The van der Waals surface area contributed by atoms with Gasteiger partial charge in [-0.2, -0.15) is 0 Å². The van der Waals surface area contributed by atoms with E-state index in [1.165, 1.54) is 17.9 Å². The molecule has 2 aliphatic rings. The number of nitrogens with zero attached hydrogens (tertiary/aromatic N) is 1. The number of halogens is 1. The van der Waals surface area contributed by atoms with E-state index in [-0.39, 0.29) is 24.6 Å². The van der Waals surface area contributed by atoms with Crippen molar-refractivity contribution in [3.8, 4) is 0 Å². The van der Waals surface area contributed by atoms with Gasteiger partial charge < -0.3 is 20.1 Å². The van der Waals surface area contributed by atoms with Crippen molar-refractivity contribution in [2.24, 2.45) is 0 Å². The SMILES string of the molecule is CC(=O)NC[C@H]1CN(c2ccc(C3=CCCNC3C(=O)OC(C)(C)C)c(F)c2)C(=O)O1. The minimum absolute atomic E-state index is 0.189. The van der Waals surface area contributed by atoms with E-state index in [0.717, 1.165) is 0 Å². The van der Waals surface area contributed by atoms with Crippen LogP contribution in [0.15, 0.2) is 24.3 Å². The highest BCUT2D eigenvalue weighted by Crippen LogP contribution is 2.30. The Morgan fingerprint density at radius 3 is 2.74 bits per heavy atom. The molecule has 0 spiro atoms. The molecule has 1 unspecified atom stereocenters. The van der Waals surface area contributed by atoms with Gasteiger partial charge >= 0.3 is 12.1 Å². The minimum Gasteiger partial charge on any atom is -0.459 e. The first-order valence-electron chi connectivity index (χ1n) is 10.2. The lowest BCUT2D eigenvalue weighted by Gasteiger charge is -2.28. The maximum absolute atomic E-state index is 15.1. The van der Waals surface area contributed by atoms with Crippen LogP contribution in [0.25, 0.3) is 5.57 Å². The van der Waals surface area contributed by atoms with E-state index >= 15 is 4.39 Å². The second-order valence-electron chi connectivity index (χ2n) is 8.59. The summed E-state index contributed by atoms with van der Waals surface area (Å²) < 4.78 is 25.8. The quantitative estimate of drug-likeness (QED) is 0.692. The van der Waals surface area contributed by atoms with E-state index in [9.17, 15) is 14.4 Å². The Balaban J connectivity index is 1.78. The van der Waals surface area contributed by atoms with Crippen LogP contribution in [0.3, 0.4) is 0 Å². The molecule has 3 rings (SSSR count). The molecule has 0 saturated carbocycles. The fourth-order valence-electron chi connectivity index (χ4n) is 3.52. The maximum Gasteiger partial charge on any atom is 0.414 e. The summed E-state index contributed by atoms with van der Waals surface area (Å²) in [6.45, 7) is 7.68. The van der Waals surface area contributed by atoms with E-state index in [4.69, 9.17) is 9.47 Å². The molecule has 0 aromatic heterocycles. The molecule has 0 bridgehead atoms. The van der Waals surface area contributed by atoms with Crippen LogP contribution < -0.4 is 15.5 Å². The lowest BCUT2D eigenvalue weighted by atomic mass is 9.93. The summed E-state index contributed by atoms with van der Waals surface area (Å²) in [6, 6.07) is 3.64. The lowest BCUT2D eigenvalue weighted by molar-refractivity contribution is -0.155. The number of anilines is 1. The van der Waals surface area contributed by atoms with Crippen molar-refractivity contribution >= 4 is 29.2 Å². The van der Waals surface area contributed by atoms with E-state index in [1.807, 2.05) is 6.08 Å². The van der Waals surface area contributed by atoms with Crippen LogP contribution in [0.4, 0.5) is 14.9 Å². The van der Waals surface area contributed by atoms with Crippen LogP contribution >= 0.6 is 0 Å². The molecule has 0 radical (unpaired) electrons. The van der Waals surface area contributed by atoms with E-state index in [1.54, 1.807) is 32.9 Å². The standard InChI is InChI=1S/C22H28FN3O5/c1-13(27)25-11-15-12-26(21(29)30-15)14-7-8-16(18(23)10-14)17-6-5-9-24-19(17)20(28)31-22(2,3)4/h6-8,10,15,19,24H,5,9,11-12H2,1-4H3,(H,25,27)/t15-,19?/m0/s1. The highest BCUT2D eigenvalue weighted by Gasteiger charge is 2.34. The molecule has 8 nitrogen and oxygen atoms in total. The van der Waals surface area contributed by atoms with Crippen LogP contribution in [-0.2, 0) is 19.1 Å². The number of benzene rings is 1. The Morgan fingerprint density at radius 2 is 2.10 bits per heavy atom. The highest BCUT2D eigenvalue weighted by atomic mass is 19.1. The number of esters is 1. The molecule has 2 amide bonds. The average Bonchev–Trinajstić information content (AvgIpc) is 3.05. The molecule has 9 heteroatoms. The first-order chi connectivity index (χ1) is 14.5. The van der Waals surface area contributed by atoms with Crippen molar-refractivity contribution in [3.63, 3.8) is 0 Å². The summed E-state index contributed by atoms with van der Waals surface area (Å²) in [4.78, 5) is 37.2. The van der Waals surface area contributed by atoms with Crippen molar-refractivity contribution in [2.75, 3.05) is 24.5 Å². The van der Waals surface area contributed by atoms with Gasteiger partial charge in [0.2, 0.25) is 5.91 Å². The van der Waals surface area contributed by atoms with Gasteiger partial charge in [-0.15, -0.1) is 0 Å². The summed E-state index contributed by atoms with van der Waals surface area (Å²) in [7, 11) is 0. The number of amides is 2. The Hall–Kier alpha value is -2.94. The third-order valence-electron chi connectivity index (χ3n) is 4.84. The number of nitrogens with one attached hydrogen (secondary N) is 2. The van der Waals surface area contributed by atoms with Crippen LogP contribution in [0, 0.1) is 5.82 Å². The first kappa shape index (κ1) is 22.7. The van der Waals surface area contributed by atoms with Gasteiger partial charge in [-0.1, -0.05) is 6.08 Å². The molecule has 31 heavy (non-hydrogen) atoms. The third kappa shape index (κ3) is 5.61. The van der Waals surface area contributed by atoms with E-state index in [2.05, 4.69) is 10.6 Å². The monoisotopic (exact) mass is 433 g/mol. The molecule has 1 saturated heterocycles. The number of carbonyl (C=O) groups excluding carboxylic acids is 3. The predicted octanol–water partition coefficient (Wildman–Crippen LogP) is 2.37. The molecule has 2 aliphatic heterocycles. The maximum atomic E-state index is 15.1. The Morgan fingerprint density at radius 1 is 1.35 bits per heavy atom. The number of carbonyl (C=O) groups is 3. The highest BCUT2D eigenvalue weighted by molar-refractivity contribution is 5.94. The van der Waals surface area contributed by atoms with Crippen LogP contribution in [-0.4, -0.2) is 55.4 Å². The van der Waals surface area contributed by atoms with Gasteiger partial charge in [0.15, 0.2) is 0 Å². The lowest BCUT2D eigenvalue weighted by Crippen LogP contribution is -2.44. The van der Waals surface area contributed by atoms with Gasteiger partial charge in [-0.25, -0.2) is 14.0 Å². The van der Waals surface area contributed by atoms with Gasteiger partial charge in [0, 0.05) is 12.5 Å². The smallest absolute Gasteiger partial charge is 0.414 e. The van der Waals surface area contributed by atoms with Gasteiger partial charge in [-0.3, -0.25) is 9.69 Å². The molecule has 1 aromatic carbocycles. The minimum atomic E-state index is -0.771. The molecule has 2 N–H and O–H groups in total. The van der Waals surface area contributed by atoms with Gasteiger partial charge in [-0.05, 0) is 57.5 Å². The van der Waals surface area contributed by atoms with Crippen molar-refractivity contribution in [3.05, 3.63) is 35.7 Å². The average molecular weight is 433 g/mol. The summed E-state index contributed by atoms with van der Waals surface area (Å²) in [5, 5.41) is 5.69. The van der Waals surface area contributed by atoms with Crippen LogP contribution in [0.5, 0.6) is 0 Å². The van der Waals surface area contributed by atoms with Gasteiger partial charge in [0.1, 0.15) is 23.6 Å². The normalized spacial score (nSPS) is 21.4. The van der Waals surface area contributed by atoms with E-state index in [0.29, 0.717) is 24.2 Å². The largest absolute Gasteiger partial charge is 0.459 e. The van der Waals surface area contributed by atoms with Crippen molar-refractivity contribution in [1.29, 1.82) is 0 Å². The molecule has 2 atom stereocenters. The van der Waals surface area contributed by atoms with E-state index < -0.39 is 35.6 Å². The topological polar surface area (TPSA) is 97.0 Å². The Kier molecular flexibility index (Phi) is 6.64. The summed E-state index contributed by atoms with van der Waals surface area (Å²) in [6.07, 6.45) is 1.36. The third-order valence-corrected chi connectivity index (χ3v) is 4.84. The van der Waals surface area contributed by atoms with Crippen molar-refractivity contribution in [2.45, 2.75) is 51.9 Å². The molecule has 1 fully saturated rings. The number of cyclic esters (lactones) is 1.